The van der Waals surface area contributed by atoms with E-state index in [1.807, 2.05) is 26.0 Å². The van der Waals surface area contributed by atoms with Gasteiger partial charge in [-0.2, -0.15) is 0 Å². The number of carbonyl (C=O) groups excluding carboxylic acids is 1. The van der Waals surface area contributed by atoms with Crippen LogP contribution in [0, 0.1) is 0 Å². The standard InChI is InChI=1S/C14H22N4O/c1-14(2,18-8-6-15-7-9-18)13(19)17-11-12-4-3-5-16-10-12/h3-5,10,15H,6-9,11H2,1-2H3,(H,17,19). The van der Waals surface area contributed by atoms with Gasteiger partial charge < -0.3 is 10.6 Å². The van der Waals surface area contributed by atoms with Crippen molar-refractivity contribution in [2.45, 2.75) is 25.9 Å². The molecule has 1 aliphatic heterocycles. The van der Waals surface area contributed by atoms with Crippen molar-refractivity contribution in [2.24, 2.45) is 0 Å². The van der Waals surface area contributed by atoms with E-state index in [0.717, 1.165) is 31.7 Å². The second-order valence-corrected chi connectivity index (χ2v) is 5.34. The first-order valence-corrected chi connectivity index (χ1v) is 6.73. The lowest BCUT2D eigenvalue weighted by atomic mass is 10.0. The van der Waals surface area contributed by atoms with Crippen LogP contribution in [0.25, 0.3) is 0 Å². The van der Waals surface area contributed by atoms with E-state index in [1.54, 1.807) is 12.4 Å². The summed E-state index contributed by atoms with van der Waals surface area (Å²) in [5, 5.41) is 6.30. The molecule has 0 aliphatic carbocycles. The lowest BCUT2D eigenvalue weighted by molar-refractivity contribution is -0.132. The van der Waals surface area contributed by atoms with Gasteiger partial charge in [0.25, 0.3) is 0 Å². The lowest BCUT2D eigenvalue weighted by Crippen LogP contribution is -2.59. The minimum absolute atomic E-state index is 0.0678. The highest BCUT2D eigenvalue weighted by Gasteiger charge is 2.34. The van der Waals surface area contributed by atoms with Gasteiger partial charge in [-0.05, 0) is 25.5 Å². The average molecular weight is 262 g/mol. The van der Waals surface area contributed by atoms with Gasteiger partial charge in [0.15, 0.2) is 0 Å². The van der Waals surface area contributed by atoms with Crippen molar-refractivity contribution in [3.63, 3.8) is 0 Å². The normalized spacial score (nSPS) is 17.2. The molecule has 19 heavy (non-hydrogen) atoms. The summed E-state index contributed by atoms with van der Waals surface area (Å²) in [5.41, 5.74) is 0.552. The minimum Gasteiger partial charge on any atom is -0.350 e. The number of hydrogen-bond acceptors (Lipinski definition) is 4. The summed E-state index contributed by atoms with van der Waals surface area (Å²) in [7, 11) is 0. The van der Waals surface area contributed by atoms with Gasteiger partial charge in [0.1, 0.15) is 0 Å². The molecule has 5 nitrogen and oxygen atoms in total. The molecule has 1 aromatic heterocycles. The molecule has 5 heteroatoms. The third-order valence-electron chi connectivity index (χ3n) is 3.64. The number of pyridine rings is 1. The predicted molar refractivity (Wildman–Crippen MR) is 74.6 cm³/mol. The molecule has 1 saturated heterocycles. The van der Waals surface area contributed by atoms with Crippen LogP contribution in [-0.2, 0) is 11.3 Å². The molecule has 0 spiro atoms. The second-order valence-electron chi connectivity index (χ2n) is 5.34. The number of rotatable bonds is 4. The maximum atomic E-state index is 12.3. The van der Waals surface area contributed by atoms with Crippen LogP contribution in [-0.4, -0.2) is 47.5 Å². The molecule has 0 radical (unpaired) electrons. The highest BCUT2D eigenvalue weighted by Crippen LogP contribution is 2.15. The number of piperazine rings is 1. The van der Waals surface area contributed by atoms with Crippen molar-refractivity contribution in [3.8, 4) is 0 Å². The van der Waals surface area contributed by atoms with Crippen molar-refractivity contribution in [2.75, 3.05) is 26.2 Å². The smallest absolute Gasteiger partial charge is 0.240 e. The molecule has 2 heterocycles. The van der Waals surface area contributed by atoms with Crippen LogP contribution in [0.2, 0.25) is 0 Å². The molecule has 0 saturated carbocycles. The SMILES string of the molecule is CC(C)(C(=O)NCc1cccnc1)N1CCNCC1. The Bertz CT molecular complexity index is 413. The minimum atomic E-state index is -0.468. The molecule has 0 unspecified atom stereocenters. The third kappa shape index (κ3) is 3.52. The zero-order valence-corrected chi connectivity index (χ0v) is 11.6. The number of nitrogens with zero attached hydrogens (tertiary/aromatic N) is 2. The predicted octanol–water partition coefficient (Wildman–Crippen LogP) is 0.382. The fourth-order valence-electron chi connectivity index (χ4n) is 2.27. The summed E-state index contributed by atoms with van der Waals surface area (Å²) in [6, 6.07) is 3.84. The van der Waals surface area contributed by atoms with Crippen LogP contribution in [0.4, 0.5) is 0 Å². The highest BCUT2D eigenvalue weighted by molar-refractivity contribution is 5.85. The highest BCUT2D eigenvalue weighted by atomic mass is 16.2. The van der Waals surface area contributed by atoms with Crippen molar-refractivity contribution in [3.05, 3.63) is 30.1 Å². The first-order chi connectivity index (χ1) is 9.10. The Morgan fingerprint density at radius 1 is 1.47 bits per heavy atom. The van der Waals surface area contributed by atoms with Crippen molar-refractivity contribution >= 4 is 5.91 Å². The van der Waals surface area contributed by atoms with E-state index in [4.69, 9.17) is 0 Å². The molecule has 2 N–H and O–H groups in total. The Morgan fingerprint density at radius 2 is 2.21 bits per heavy atom. The summed E-state index contributed by atoms with van der Waals surface area (Å²) in [6.07, 6.45) is 3.51. The number of nitrogens with one attached hydrogen (secondary N) is 2. The molecule has 104 valence electrons. The third-order valence-corrected chi connectivity index (χ3v) is 3.64. The largest absolute Gasteiger partial charge is 0.350 e. The summed E-state index contributed by atoms with van der Waals surface area (Å²) >= 11 is 0. The fourth-order valence-corrected chi connectivity index (χ4v) is 2.27. The van der Waals surface area contributed by atoms with Crippen molar-refractivity contribution < 1.29 is 4.79 Å². The number of carbonyl (C=O) groups is 1. The van der Waals surface area contributed by atoms with E-state index in [2.05, 4.69) is 20.5 Å². The summed E-state index contributed by atoms with van der Waals surface area (Å²) in [6.45, 7) is 8.20. The zero-order chi connectivity index (χ0) is 13.7. The molecule has 1 fully saturated rings. The Morgan fingerprint density at radius 3 is 2.84 bits per heavy atom. The van der Waals surface area contributed by atoms with Gasteiger partial charge >= 0.3 is 0 Å². The van der Waals surface area contributed by atoms with Gasteiger partial charge in [-0.3, -0.25) is 14.7 Å². The Labute approximate surface area is 114 Å². The monoisotopic (exact) mass is 262 g/mol. The van der Waals surface area contributed by atoms with Crippen LogP contribution < -0.4 is 10.6 Å². The van der Waals surface area contributed by atoms with E-state index in [0.29, 0.717) is 6.54 Å². The number of aromatic nitrogens is 1. The zero-order valence-electron chi connectivity index (χ0n) is 11.6. The number of hydrogen-bond donors (Lipinski definition) is 2. The van der Waals surface area contributed by atoms with Crippen LogP contribution in [0.5, 0.6) is 0 Å². The van der Waals surface area contributed by atoms with Crippen molar-refractivity contribution in [1.82, 2.24) is 20.5 Å². The van der Waals surface area contributed by atoms with E-state index >= 15 is 0 Å². The topological polar surface area (TPSA) is 57.3 Å². The van der Waals surface area contributed by atoms with Gasteiger partial charge in [-0.15, -0.1) is 0 Å². The summed E-state index contributed by atoms with van der Waals surface area (Å²) in [5.74, 6) is 0.0678. The molecule has 0 atom stereocenters. The maximum Gasteiger partial charge on any atom is 0.240 e. The summed E-state index contributed by atoms with van der Waals surface area (Å²) in [4.78, 5) is 18.6. The Hall–Kier alpha value is -1.46. The van der Waals surface area contributed by atoms with E-state index in [9.17, 15) is 4.79 Å². The quantitative estimate of drug-likeness (QED) is 0.824. The molecule has 0 aromatic carbocycles. The molecule has 0 bridgehead atoms. The van der Waals surface area contributed by atoms with Gasteiger partial charge in [-0.25, -0.2) is 0 Å². The van der Waals surface area contributed by atoms with Gasteiger partial charge in [0, 0.05) is 45.1 Å². The first-order valence-electron chi connectivity index (χ1n) is 6.73. The van der Waals surface area contributed by atoms with Gasteiger partial charge in [0.2, 0.25) is 5.91 Å². The maximum absolute atomic E-state index is 12.3. The Balaban J connectivity index is 1.90. The van der Waals surface area contributed by atoms with Crippen LogP contribution >= 0.6 is 0 Å². The van der Waals surface area contributed by atoms with Gasteiger partial charge in [-0.1, -0.05) is 6.07 Å². The van der Waals surface area contributed by atoms with Crippen LogP contribution in [0.15, 0.2) is 24.5 Å². The molecular weight excluding hydrogens is 240 g/mol. The number of amides is 1. The molecule has 1 aliphatic rings. The van der Waals surface area contributed by atoms with Crippen molar-refractivity contribution in [1.29, 1.82) is 0 Å². The molecule has 1 amide bonds. The van der Waals surface area contributed by atoms with Gasteiger partial charge in [0.05, 0.1) is 5.54 Å². The van der Waals surface area contributed by atoms with E-state index < -0.39 is 5.54 Å². The first kappa shape index (κ1) is 14.0. The van der Waals surface area contributed by atoms with E-state index in [1.165, 1.54) is 0 Å². The molecule has 2 rings (SSSR count). The molecule has 1 aromatic rings. The Kier molecular flexibility index (Phi) is 4.50. The average Bonchev–Trinajstić information content (AvgIpc) is 2.46. The lowest BCUT2D eigenvalue weighted by Gasteiger charge is -2.39. The van der Waals surface area contributed by atoms with Crippen LogP contribution in [0.3, 0.4) is 0 Å². The van der Waals surface area contributed by atoms with E-state index in [-0.39, 0.29) is 5.91 Å². The molecular formula is C14H22N4O. The second kappa shape index (κ2) is 6.12. The summed E-state index contributed by atoms with van der Waals surface area (Å²) < 4.78 is 0. The fraction of sp³-hybridized carbons (Fsp3) is 0.571. The van der Waals surface area contributed by atoms with Crippen LogP contribution in [0.1, 0.15) is 19.4 Å².